The van der Waals surface area contributed by atoms with Gasteiger partial charge in [-0.15, -0.1) is 0 Å². The summed E-state index contributed by atoms with van der Waals surface area (Å²) in [5.74, 6) is 0. The number of fused-ring (bicyclic) bond motifs is 6. The van der Waals surface area contributed by atoms with Crippen molar-refractivity contribution in [3.8, 4) is 11.1 Å². The van der Waals surface area contributed by atoms with E-state index >= 15 is 0 Å². The Balaban J connectivity index is 1.72. The number of para-hydroxylation sites is 1. The summed E-state index contributed by atoms with van der Waals surface area (Å²) in [6.45, 7) is 0. The van der Waals surface area contributed by atoms with Gasteiger partial charge in [0.2, 0.25) is 5.28 Å². The topological polar surface area (TPSA) is 38.9 Å². The van der Waals surface area contributed by atoms with Crippen LogP contribution < -0.4 is 0 Å². The van der Waals surface area contributed by atoms with Crippen molar-refractivity contribution in [2.75, 3.05) is 0 Å². The molecule has 0 aliphatic rings. The van der Waals surface area contributed by atoms with Crippen LogP contribution >= 0.6 is 11.6 Å². The Morgan fingerprint density at radius 3 is 2.43 bits per heavy atom. The van der Waals surface area contributed by atoms with Gasteiger partial charge in [-0.1, -0.05) is 48.5 Å². The van der Waals surface area contributed by atoms with E-state index in [0.717, 1.165) is 54.7 Å². The quantitative estimate of drug-likeness (QED) is 0.227. The molecule has 0 atom stereocenters. The Morgan fingerprint density at radius 2 is 1.50 bits per heavy atom. The lowest BCUT2D eigenvalue weighted by Gasteiger charge is -2.10. The number of rotatable bonds is 1. The maximum atomic E-state index is 6.11. The maximum absolute atomic E-state index is 6.11. The van der Waals surface area contributed by atoms with Crippen LogP contribution in [-0.2, 0) is 0 Å². The summed E-state index contributed by atoms with van der Waals surface area (Å²) in [7, 11) is 0. The molecule has 6 aromatic rings. The van der Waals surface area contributed by atoms with Gasteiger partial charge in [0.25, 0.3) is 0 Å². The minimum atomic E-state index is 0.256. The van der Waals surface area contributed by atoms with E-state index in [1.165, 1.54) is 0 Å². The van der Waals surface area contributed by atoms with E-state index in [0.29, 0.717) is 0 Å². The highest BCUT2D eigenvalue weighted by Crippen LogP contribution is 2.37. The van der Waals surface area contributed by atoms with E-state index in [4.69, 9.17) is 16.0 Å². The van der Waals surface area contributed by atoms with Gasteiger partial charge in [0, 0.05) is 27.7 Å². The molecule has 28 heavy (non-hydrogen) atoms. The molecule has 4 aromatic carbocycles. The van der Waals surface area contributed by atoms with E-state index in [-0.39, 0.29) is 5.28 Å². The predicted molar refractivity (Wildman–Crippen MR) is 115 cm³/mol. The summed E-state index contributed by atoms with van der Waals surface area (Å²) in [4.78, 5) is 8.77. The third kappa shape index (κ3) is 2.23. The van der Waals surface area contributed by atoms with E-state index in [1.54, 1.807) is 0 Å². The highest BCUT2D eigenvalue weighted by Gasteiger charge is 2.13. The highest BCUT2D eigenvalue weighted by atomic mass is 35.5. The molecule has 0 amide bonds. The molecule has 0 radical (unpaired) electrons. The van der Waals surface area contributed by atoms with Gasteiger partial charge in [-0.2, -0.15) is 0 Å². The molecule has 0 spiro atoms. The fourth-order valence-electron chi connectivity index (χ4n) is 3.97. The molecule has 4 heteroatoms. The monoisotopic (exact) mass is 380 g/mol. The van der Waals surface area contributed by atoms with Crippen molar-refractivity contribution in [2.45, 2.75) is 0 Å². The Hall–Kier alpha value is -3.43. The number of aromatic nitrogens is 2. The van der Waals surface area contributed by atoms with Gasteiger partial charge in [0.05, 0.1) is 5.52 Å². The minimum Gasteiger partial charge on any atom is -0.456 e. The van der Waals surface area contributed by atoms with Gasteiger partial charge >= 0.3 is 0 Å². The largest absolute Gasteiger partial charge is 0.456 e. The molecule has 6 rings (SSSR count). The lowest BCUT2D eigenvalue weighted by atomic mass is 9.95. The molecule has 0 fully saturated rings. The second-order valence-corrected chi connectivity index (χ2v) is 7.19. The predicted octanol–water partition coefficient (Wildman–Crippen LogP) is 7.00. The van der Waals surface area contributed by atoms with Crippen LogP contribution in [0.1, 0.15) is 0 Å². The summed E-state index contributed by atoms with van der Waals surface area (Å²) in [6, 6.07) is 24.8. The molecule has 0 aliphatic carbocycles. The van der Waals surface area contributed by atoms with Gasteiger partial charge in [-0.3, -0.25) is 0 Å². The standard InChI is InChI=1S/C24H13ClN2O/c25-24-26-13-20-18(11-14-5-1-2-6-16(14)23(20)27-24)15-9-10-22-19(12-15)17-7-3-4-8-21(17)28-22/h1-13H. The van der Waals surface area contributed by atoms with Gasteiger partial charge in [0.15, 0.2) is 0 Å². The number of hydrogen-bond acceptors (Lipinski definition) is 3. The first-order chi connectivity index (χ1) is 13.8. The number of halogens is 1. The van der Waals surface area contributed by atoms with E-state index in [2.05, 4.69) is 46.4 Å². The van der Waals surface area contributed by atoms with Crippen molar-refractivity contribution in [1.82, 2.24) is 9.97 Å². The van der Waals surface area contributed by atoms with E-state index in [1.807, 2.05) is 42.6 Å². The number of nitrogens with zero attached hydrogens (tertiary/aromatic N) is 2. The van der Waals surface area contributed by atoms with Crippen LogP contribution in [0, 0.1) is 0 Å². The van der Waals surface area contributed by atoms with Gasteiger partial charge in [0.1, 0.15) is 11.2 Å². The molecule has 2 aromatic heterocycles. The second-order valence-electron chi connectivity index (χ2n) is 6.86. The van der Waals surface area contributed by atoms with Crippen molar-refractivity contribution in [1.29, 1.82) is 0 Å². The van der Waals surface area contributed by atoms with Crippen molar-refractivity contribution in [3.05, 3.63) is 84.3 Å². The molecule has 3 nitrogen and oxygen atoms in total. The van der Waals surface area contributed by atoms with Gasteiger partial charge in [-0.25, -0.2) is 9.97 Å². The normalized spacial score (nSPS) is 11.8. The first kappa shape index (κ1) is 15.6. The van der Waals surface area contributed by atoms with Crippen molar-refractivity contribution >= 4 is 55.2 Å². The van der Waals surface area contributed by atoms with Crippen LogP contribution in [0.5, 0.6) is 0 Å². The molecule has 132 valence electrons. The average Bonchev–Trinajstić information content (AvgIpc) is 3.11. The molecule has 0 bridgehead atoms. The molecule has 0 unspecified atom stereocenters. The number of furan rings is 1. The van der Waals surface area contributed by atoms with Crippen LogP contribution in [-0.4, -0.2) is 9.97 Å². The molecule has 2 heterocycles. The zero-order valence-electron chi connectivity index (χ0n) is 14.7. The first-order valence-corrected chi connectivity index (χ1v) is 9.41. The average molecular weight is 381 g/mol. The lowest BCUT2D eigenvalue weighted by Crippen LogP contribution is -1.90. The highest BCUT2D eigenvalue weighted by molar-refractivity contribution is 6.29. The van der Waals surface area contributed by atoms with E-state index < -0.39 is 0 Å². The SMILES string of the molecule is Clc1ncc2c(-c3ccc4oc5ccccc5c4c3)cc3ccccc3c2n1. The second kappa shape index (κ2) is 5.78. The first-order valence-electron chi connectivity index (χ1n) is 9.04. The molecule has 0 saturated carbocycles. The molecule has 0 aliphatic heterocycles. The molecular weight excluding hydrogens is 368 g/mol. The summed E-state index contributed by atoms with van der Waals surface area (Å²) >= 11 is 6.11. The molecule has 0 N–H and O–H groups in total. The summed E-state index contributed by atoms with van der Waals surface area (Å²) in [5, 5.41) is 5.65. The Labute approximate surface area is 165 Å². The fourth-order valence-corrected chi connectivity index (χ4v) is 4.10. The van der Waals surface area contributed by atoms with Crippen molar-refractivity contribution in [3.63, 3.8) is 0 Å². The number of hydrogen-bond donors (Lipinski definition) is 0. The maximum Gasteiger partial charge on any atom is 0.222 e. The van der Waals surface area contributed by atoms with Crippen molar-refractivity contribution in [2.24, 2.45) is 0 Å². The Morgan fingerprint density at radius 1 is 0.714 bits per heavy atom. The van der Waals surface area contributed by atoms with Crippen LogP contribution in [0.15, 0.2) is 83.4 Å². The van der Waals surface area contributed by atoms with Gasteiger partial charge < -0.3 is 4.42 Å². The fraction of sp³-hybridized carbons (Fsp3) is 0. The Kier molecular flexibility index (Phi) is 3.22. The van der Waals surface area contributed by atoms with Crippen LogP contribution in [0.2, 0.25) is 5.28 Å². The third-order valence-corrected chi connectivity index (χ3v) is 5.44. The van der Waals surface area contributed by atoms with Crippen LogP contribution in [0.4, 0.5) is 0 Å². The minimum absolute atomic E-state index is 0.256. The van der Waals surface area contributed by atoms with Crippen molar-refractivity contribution < 1.29 is 4.42 Å². The zero-order chi connectivity index (χ0) is 18.7. The lowest BCUT2D eigenvalue weighted by molar-refractivity contribution is 0.669. The zero-order valence-corrected chi connectivity index (χ0v) is 15.4. The number of benzene rings is 4. The van der Waals surface area contributed by atoms with E-state index in [9.17, 15) is 0 Å². The summed E-state index contributed by atoms with van der Waals surface area (Å²) in [6.07, 6.45) is 1.81. The molecule has 0 saturated heterocycles. The smallest absolute Gasteiger partial charge is 0.222 e. The summed E-state index contributed by atoms with van der Waals surface area (Å²) in [5.41, 5.74) is 4.82. The van der Waals surface area contributed by atoms with Crippen LogP contribution in [0.25, 0.3) is 54.7 Å². The Bertz CT molecular complexity index is 1530. The summed E-state index contributed by atoms with van der Waals surface area (Å²) < 4.78 is 5.97. The third-order valence-electron chi connectivity index (χ3n) is 5.25. The van der Waals surface area contributed by atoms with Gasteiger partial charge in [-0.05, 0) is 52.4 Å². The van der Waals surface area contributed by atoms with Crippen LogP contribution in [0.3, 0.4) is 0 Å². The molecular formula is C24H13ClN2O.